The second-order valence-electron chi connectivity index (χ2n) is 4.79. The number of H-pyrrole nitrogens is 1. The Bertz CT molecular complexity index is 512. The normalized spacial score (nSPS) is 17.3. The van der Waals surface area contributed by atoms with E-state index in [0.717, 1.165) is 12.8 Å². The highest BCUT2D eigenvalue weighted by Gasteiger charge is 2.17. The smallest absolute Gasteiger partial charge is 0.310 e. The van der Waals surface area contributed by atoms with Crippen LogP contribution in [0.4, 0.5) is 0 Å². The van der Waals surface area contributed by atoms with Crippen LogP contribution in [0.3, 0.4) is 0 Å². The molecule has 0 amide bonds. The van der Waals surface area contributed by atoms with Gasteiger partial charge in [-0.1, -0.05) is 19.3 Å². The highest BCUT2D eigenvalue weighted by atomic mass is 79.9. The summed E-state index contributed by atoms with van der Waals surface area (Å²) in [6, 6.07) is 0. The second kappa shape index (κ2) is 5.21. The molecule has 2 rings (SSSR count). The molecule has 4 nitrogen and oxygen atoms in total. The first-order valence-corrected chi connectivity index (χ1v) is 6.88. The van der Waals surface area contributed by atoms with Gasteiger partial charge in [0.1, 0.15) is 4.47 Å². The molecule has 0 aromatic carbocycles. The van der Waals surface area contributed by atoms with Crippen molar-refractivity contribution in [2.75, 3.05) is 0 Å². The fraction of sp³-hybridized carbons (Fsp3) is 0.667. The Morgan fingerprint density at radius 1 is 1.29 bits per heavy atom. The van der Waals surface area contributed by atoms with Crippen LogP contribution in [0.25, 0.3) is 0 Å². The zero-order valence-corrected chi connectivity index (χ0v) is 11.5. The largest absolute Gasteiger partial charge is 0.328 e. The van der Waals surface area contributed by atoms with Crippen LogP contribution in [-0.2, 0) is 6.54 Å². The van der Waals surface area contributed by atoms with Crippen LogP contribution in [0.1, 0.15) is 37.8 Å². The van der Waals surface area contributed by atoms with Crippen molar-refractivity contribution in [2.45, 2.75) is 45.6 Å². The lowest BCUT2D eigenvalue weighted by Crippen LogP contribution is -2.38. The number of rotatable bonds is 2. The number of aryl methyl sites for hydroxylation is 1. The average Bonchev–Trinajstić information content (AvgIpc) is 2.33. The molecule has 1 aromatic rings. The van der Waals surface area contributed by atoms with E-state index in [1.807, 2.05) is 0 Å². The van der Waals surface area contributed by atoms with Crippen molar-refractivity contribution in [3.05, 3.63) is 31.0 Å². The van der Waals surface area contributed by atoms with Crippen molar-refractivity contribution in [1.29, 1.82) is 0 Å². The minimum Gasteiger partial charge on any atom is -0.310 e. The summed E-state index contributed by atoms with van der Waals surface area (Å²) in [6.07, 6.45) is 5.95. The molecule has 0 atom stereocenters. The summed E-state index contributed by atoms with van der Waals surface area (Å²) in [4.78, 5) is 26.5. The van der Waals surface area contributed by atoms with E-state index in [0.29, 0.717) is 22.6 Å². The van der Waals surface area contributed by atoms with Gasteiger partial charge >= 0.3 is 5.69 Å². The first kappa shape index (κ1) is 12.6. The molecule has 1 N–H and O–H groups in total. The van der Waals surface area contributed by atoms with Crippen LogP contribution in [0, 0.1) is 12.8 Å². The van der Waals surface area contributed by atoms with Gasteiger partial charge in [-0.2, -0.15) is 0 Å². The molecular weight excluding hydrogens is 284 g/mol. The van der Waals surface area contributed by atoms with Crippen molar-refractivity contribution >= 4 is 15.9 Å². The lowest BCUT2D eigenvalue weighted by Gasteiger charge is -2.21. The average molecular weight is 301 g/mol. The summed E-state index contributed by atoms with van der Waals surface area (Å²) in [5.74, 6) is 0.470. The third kappa shape index (κ3) is 2.70. The van der Waals surface area contributed by atoms with Crippen molar-refractivity contribution < 1.29 is 0 Å². The van der Waals surface area contributed by atoms with E-state index in [9.17, 15) is 9.59 Å². The number of nitrogens with zero attached hydrogens (tertiary/aromatic N) is 1. The van der Waals surface area contributed by atoms with Gasteiger partial charge < -0.3 is 4.98 Å². The molecule has 5 heteroatoms. The molecule has 1 aromatic heterocycles. The molecule has 1 aliphatic rings. The van der Waals surface area contributed by atoms with Crippen LogP contribution in [0.15, 0.2) is 14.1 Å². The van der Waals surface area contributed by atoms with Gasteiger partial charge in [0.25, 0.3) is 5.56 Å². The number of aromatic amines is 1. The molecule has 1 fully saturated rings. The molecule has 0 unspecified atom stereocenters. The van der Waals surface area contributed by atoms with Crippen molar-refractivity contribution in [2.24, 2.45) is 5.92 Å². The standard InChI is InChI=1S/C12H17BrN2O2/c1-8-10(13)11(16)15(12(17)14-8)7-9-5-3-2-4-6-9/h9H,2-7H2,1H3,(H,14,17). The van der Waals surface area contributed by atoms with E-state index in [1.165, 1.54) is 23.8 Å². The molecule has 0 saturated heterocycles. The maximum Gasteiger partial charge on any atom is 0.328 e. The summed E-state index contributed by atoms with van der Waals surface area (Å²) in [6.45, 7) is 2.27. The quantitative estimate of drug-likeness (QED) is 0.910. The summed E-state index contributed by atoms with van der Waals surface area (Å²) in [5, 5.41) is 0. The monoisotopic (exact) mass is 300 g/mol. The van der Waals surface area contributed by atoms with Crippen LogP contribution in [-0.4, -0.2) is 9.55 Å². The van der Waals surface area contributed by atoms with Gasteiger partial charge in [-0.05, 0) is 41.6 Å². The van der Waals surface area contributed by atoms with Gasteiger partial charge in [0.15, 0.2) is 0 Å². The minimum absolute atomic E-state index is 0.211. The molecule has 0 bridgehead atoms. The van der Waals surface area contributed by atoms with Gasteiger partial charge in [-0.15, -0.1) is 0 Å². The fourth-order valence-electron chi connectivity index (χ4n) is 2.45. The molecule has 0 spiro atoms. The Labute approximate surface area is 108 Å². The third-order valence-electron chi connectivity index (χ3n) is 3.47. The zero-order chi connectivity index (χ0) is 12.4. The minimum atomic E-state index is -0.290. The molecule has 94 valence electrons. The molecule has 17 heavy (non-hydrogen) atoms. The number of hydrogen-bond acceptors (Lipinski definition) is 2. The number of nitrogens with one attached hydrogen (secondary N) is 1. The van der Waals surface area contributed by atoms with Crippen LogP contribution >= 0.6 is 15.9 Å². The van der Waals surface area contributed by atoms with Crippen LogP contribution < -0.4 is 11.2 Å². The van der Waals surface area contributed by atoms with Gasteiger partial charge in [0.05, 0.1) is 0 Å². The topological polar surface area (TPSA) is 54.9 Å². The highest BCUT2D eigenvalue weighted by molar-refractivity contribution is 9.10. The molecule has 0 aliphatic heterocycles. The molecule has 1 saturated carbocycles. The van der Waals surface area contributed by atoms with E-state index < -0.39 is 0 Å². The Morgan fingerprint density at radius 3 is 2.59 bits per heavy atom. The maximum absolute atomic E-state index is 12.0. The van der Waals surface area contributed by atoms with Crippen molar-refractivity contribution in [1.82, 2.24) is 9.55 Å². The van der Waals surface area contributed by atoms with Crippen LogP contribution in [0.2, 0.25) is 0 Å². The summed E-state index contributed by atoms with van der Waals surface area (Å²) >= 11 is 3.23. The Balaban J connectivity index is 2.29. The van der Waals surface area contributed by atoms with E-state index in [4.69, 9.17) is 0 Å². The summed E-state index contributed by atoms with van der Waals surface area (Å²) in [7, 11) is 0. The second-order valence-corrected chi connectivity index (χ2v) is 5.58. The zero-order valence-electron chi connectivity index (χ0n) is 9.96. The first-order valence-electron chi connectivity index (χ1n) is 6.09. The first-order chi connectivity index (χ1) is 8.09. The lowest BCUT2D eigenvalue weighted by molar-refractivity contribution is 0.311. The molecular formula is C12H17BrN2O2. The predicted molar refractivity (Wildman–Crippen MR) is 70.3 cm³/mol. The number of hydrogen-bond donors (Lipinski definition) is 1. The SMILES string of the molecule is Cc1[nH]c(=O)n(CC2CCCCC2)c(=O)c1Br. The molecule has 1 heterocycles. The van der Waals surface area contributed by atoms with E-state index in [2.05, 4.69) is 20.9 Å². The molecule has 0 radical (unpaired) electrons. The highest BCUT2D eigenvalue weighted by Crippen LogP contribution is 2.24. The Morgan fingerprint density at radius 2 is 1.94 bits per heavy atom. The lowest BCUT2D eigenvalue weighted by atomic mass is 9.89. The van der Waals surface area contributed by atoms with Gasteiger partial charge in [-0.3, -0.25) is 9.36 Å². The van der Waals surface area contributed by atoms with E-state index in [-0.39, 0.29) is 11.2 Å². The van der Waals surface area contributed by atoms with Gasteiger partial charge in [0.2, 0.25) is 0 Å². The third-order valence-corrected chi connectivity index (χ3v) is 4.40. The van der Waals surface area contributed by atoms with Crippen LogP contribution in [0.5, 0.6) is 0 Å². The Kier molecular flexibility index (Phi) is 3.86. The van der Waals surface area contributed by atoms with Gasteiger partial charge in [-0.25, -0.2) is 4.79 Å². The van der Waals surface area contributed by atoms with Crippen molar-refractivity contribution in [3.8, 4) is 0 Å². The van der Waals surface area contributed by atoms with E-state index >= 15 is 0 Å². The Hall–Kier alpha value is -0.840. The number of halogens is 1. The maximum atomic E-state index is 12.0. The molecule has 1 aliphatic carbocycles. The number of aromatic nitrogens is 2. The predicted octanol–water partition coefficient (Wildman–Crippen LogP) is 2.19. The van der Waals surface area contributed by atoms with E-state index in [1.54, 1.807) is 6.92 Å². The summed E-state index contributed by atoms with van der Waals surface area (Å²) in [5.41, 5.74) is 0.0954. The summed E-state index contributed by atoms with van der Waals surface area (Å²) < 4.78 is 1.79. The van der Waals surface area contributed by atoms with Gasteiger partial charge in [0, 0.05) is 12.2 Å². The fourth-order valence-corrected chi connectivity index (χ4v) is 2.76. The van der Waals surface area contributed by atoms with Crippen molar-refractivity contribution in [3.63, 3.8) is 0 Å².